The second-order valence-electron chi connectivity index (χ2n) is 4.87. The number of nitrogens with two attached hydrogens (primary N) is 1. The lowest BCUT2D eigenvalue weighted by Gasteiger charge is -2.27. The molecule has 1 atom stereocenters. The van der Waals surface area contributed by atoms with Crippen molar-refractivity contribution in [3.05, 3.63) is 0 Å². The summed E-state index contributed by atoms with van der Waals surface area (Å²) in [5, 5.41) is 2.96. The first-order valence-corrected chi connectivity index (χ1v) is 5.38. The monoisotopic (exact) mass is 200 g/mol. The molecule has 0 saturated carbocycles. The maximum atomic E-state index is 11.7. The van der Waals surface area contributed by atoms with Crippen molar-refractivity contribution in [2.24, 2.45) is 11.1 Å². The van der Waals surface area contributed by atoms with Crippen LogP contribution in [0.4, 0.5) is 0 Å². The molecule has 0 aliphatic heterocycles. The molecule has 3 heteroatoms. The summed E-state index contributed by atoms with van der Waals surface area (Å²) < 4.78 is 0. The molecule has 1 amide bonds. The summed E-state index contributed by atoms with van der Waals surface area (Å²) in [6.45, 7) is 10.1. The van der Waals surface area contributed by atoms with Gasteiger partial charge in [0, 0.05) is 6.04 Å². The highest BCUT2D eigenvalue weighted by Gasteiger charge is 2.28. The van der Waals surface area contributed by atoms with Gasteiger partial charge < -0.3 is 11.1 Å². The van der Waals surface area contributed by atoms with Crippen LogP contribution in [-0.4, -0.2) is 18.0 Å². The topological polar surface area (TPSA) is 55.1 Å². The standard InChI is InChI=1S/C11H24N2O/c1-6-8(7-2)13-10(14)9(12)11(3,4)5/h8-9H,6-7,12H2,1-5H3,(H,13,14). The van der Waals surface area contributed by atoms with Crippen LogP contribution in [0.2, 0.25) is 0 Å². The van der Waals surface area contributed by atoms with E-state index in [0.717, 1.165) is 12.8 Å². The van der Waals surface area contributed by atoms with E-state index in [9.17, 15) is 4.79 Å². The molecule has 0 aromatic rings. The van der Waals surface area contributed by atoms with Crippen LogP contribution in [0.25, 0.3) is 0 Å². The SMILES string of the molecule is CCC(CC)NC(=O)C(N)C(C)(C)C. The Balaban J connectivity index is 4.21. The summed E-state index contributed by atoms with van der Waals surface area (Å²) in [7, 11) is 0. The minimum Gasteiger partial charge on any atom is -0.352 e. The number of carbonyl (C=O) groups is 1. The highest BCUT2D eigenvalue weighted by atomic mass is 16.2. The lowest BCUT2D eigenvalue weighted by atomic mass is 9.86. The van der Waals surface area contributed by atoms with Crippen LogP contribution in [-0.2, 0) is 4.79 Å². The Morgan fingerprint density at radius 1 is 1.29 bits per heavy atom. The van der Waals surface area contributed by atoms with Crippen molar-refractivity contribution in [3.63, 3.8) is 0 Å². The van der Waals surface area contributed by atoms with Crippen LogP contribution in [0, 0.1) is 5.41 Å². The van der Waals surface area contributed by atoms with Gasteiger partial charge in [0.25, 0.3) is 0 Å². The Kier molecular flexibility index (Phi) is 5.13. The molecule has 1 unspecified atom stereocenters. The first kappa shape index (κ1) is 13.4. The predicted octanol–water partition coefficient (Wildman–Crippen LogP) is 1.66. The fourth-order valence-corrected chi connectivity index (χ4v) is 1.18. The number of hydrogen-bond donors (Lipinski definition) is 2. The van der Waals surface area contributed by atoms with Gasteiger partial charge in [-0.15, -0.1) is 0 Å². The fourth-order valence-electron chi connectivity index (χ4n) is 1.18. The van der Waals surface area contributed by atoms with Gasteiger partial charge in [0.05, 0.1) is 6.04 Å². The largest absolute Gasteiger partial charge is 0.352 e. The molecule has 0 spiro atoms. The minimum atomic E-state index is -0.428. The Hall–Kier alpha value is -0.570. The van der Waals surface area contributed by atoms with E-state index in [-0.39, 0.29) is 17.4 Å². The summed E-state index contributed by atoms with van der Waals surface area (Å²) >= 11 is 0. The van der Waals surface area contributed by atoms with Gasteiger partial charge in [0.1, 0.15) is 0 Å². The molecule has 0 aromatic carbocycles. The number of hydrogen-bond acceptors (Lipinski definition) is 2. The molecule has 0 aliphatic carbocycles. The zero-order chi connectivity index (χ0) is 11.4. The molecule has 0 bridgehead atoms. The van der Waals surface area contributed by atoms with Gasteiger partial charge >= 0.3 is 0 Å². The Morgan fingerprint density at radius 3 is 2.00 bits per heavy atom. The molecule has 0 aromatic heterocycles. The molecule has 84 valence electrons. The highest BCUT2D eigenvalue weighted by Crippen LogP contribution is 2.17. The van der Waals surface area contributed by atoms with Gasteiger partial charge in [-0.25, -0.2) is 0 Å². The molecule has 0 heterocycles. The van der Waals surface area contributed by atoms with Crippen LogP contribution in [0.1, 0.15) is 47.5 Å². The van der Waals surface area contributed by atoms with Crippen molar-refractivity contribution in [2.45, 2.75) is 59.5 Å². The Labute approximate surface area is 87.4 Å². The third-order valence-corrected chi connectivity index (χ3v) is 2.55. The number of carbonyl (C=O) groups excluding carboxylic acids is 1. The second kappa shape index (κ2) is 5.35. The van der Waals surface area contributed by atoms with E-state index in [1.54, 1.807) is 0 Å². The summed E-state index contributed by atoms with van der Waals surface area (Å²) in [5.74, 6) is -0.0359. The lowest BCUT2D eigenvalue weighted by molar-refractivity contribution is -0.125. The van der Waals surface area contributed by atoms with E-state index < -0.39 is 6.04 Å². The number of amides is 1. The molecule has 3 N–H and O–H groups in total. The number of nitrogens with one attached hydrogen (secondary N) is 1. The molecule has 0 fully saturated rings. The molecule has 0 aliphatic rings. The molecule has 14 heavy (non-hydrogen) atoms. The predicted molar refractivity (Wildman–Crippen MR) is 59.9 cm³/mol. The van der Waals surface area contributed by atoms with Crippen molar-refractivity contribution >= 4 is 5.91 Å². The van der Waals surface area contributed by atoms with Crippen LogP contribution >= 0.6 is 0 Å². The summed E-state index contributed by atoms with van der Waals surface area (Å²) in [6.07, 6.45) is 1.91. The highest BCUT2D eigenvalue weighted by molar-refractivity contribution is 5.82. The zero-order valence-electron chi connectivity index (χ0n) is 10.1. The normalized spacial score (nSPS) is 14.2. The first-order chi connectivity index (χ1) is 6.32. The van der Waals surface area contributed by atoms with Gasteiger partial charge in [-0.05, 0) is 18.3 Å². The van der Waals surface area contributed by atoms with Gasteiger partial charge in [0.15, 0.2) is 0 Å². The summed E-state index contributed by atoms with van der Waals surface area (Å²) in [6, 6.07) is -0.168. The zero-order valence-corrected chi connectivity index (χ0v) is 10.1. The van der Waals surface area contributed by atoms with Gasteiger partial charge in [-0.1, -0.05) is 34.6 Å². The van der Waals surface area contributed by atoms with E-state index in [1.165, 1.54) is 0 Å². The molecule has 0 saturated heterocycles. The Bertz CT molecular complexity index is 180. The van der Waals surface area contributed by atoms with Crippen LogP contribution < -0.4 is 11.1 Å². The average molecular weight is 200 g/mol. The average Bonchev–Trinajstić information content (AvgIpc) is 2.11. The third kappa shape index (κ3) is 4.09. The van der Waals surface area contributed by atoms with Gasteiger partial charge in [0.2, 0.25) is 5.91 Å². The van der Waals surface area contributed by atoms with Crippen LogP contribution in [0.3, 0.4) is 0 Å². The van der Waals surface area contributed by atoms with Crippen LogP contribution in [0.5, 0.6) is 0 Å². The van der Waals surface area contributed by atoms with E-state index in [4.69, 9.17) is 5.73 Å². The maximum absolute atomic E-state index is 11.7. The van der Waals surface area contributed by atoms with Gasteiger partial charge in [-0.3, -0.25) is 4.79 Å². The quantitative estimate of drug-likeness (QED) is 0.725. The van der Waals surface area contributed by atoms with E-state index >= 15 is 0 Å². The van der Waals surface area contributed by atoms with Gasteiger partial charge in [-0.2, -0.15) is 0 Å². The molecule has 0 radical (unpaired) electrons. The van der Waals surface area contributed by atoms with Crippen molar-refractivity contribution in [1.82, 2.24) is 5.32 Å². The van der Waals surface area contributed by atoms with Crippen molar-refractivity contribution < 1.29 is 4.79 Å². The van der Waals surface area contributed by atoms with Crippen molar-refractivity contribution in [1.29, 1.82) is 0 Å². The minimum absolute atomic E-state index is 0.0359. The molecular formula is C11H24N2O. The molecule has 0 rings (SSSR count). The summed E-state index contributed by atoms with van der Waals surface area (Å²) in [4.78, 5) is 11.7. The van der Waals surface area contributed by atoms with Crippen LogP contribution in [0.15, 0.2) is 0 Å². The number of rotatable bonds is 4. The van der Waals surface area contributed by atoms with Crippen molar-refractivity contribution in [3.8, 4) is 0 Å². The first-order valence-electron chi connectivity index (χ1n) is 5.38. The van der Waals surface area contributed by atoms with Crippen molar-refractivity contribution in [2.75, 3.05) is 0 Å². The van der Waals surface area contributed by atoms with E-state index in [2.05, 4.69) is 19.2 Å². The molecular weight excluding hydrogens is 176 g/mol. The second-order valence-corrected chi connectivity index (χ2v) is 4.87. The maximum Gasteiger partial charge on any atom is 0.237 e. The smallest absolute Gasteiger partial charge is 0.237 e. The third-order valence-electron chi connectivity index (χ3n) is 2.55. The Morgan fingerprint density at radius 2 is 1.71 bits per heavy atom. The lowest BCUT2D eigenvalue weighted by Crippen LogP contribution is -2.51. The molecule has 3 nitrogen and oxygen atoms in total. The van der Waals surface area contributed by atoms with E-state index in [0.29, 0.717) is 0 Å². The van der Waals surface area contributed by atoms with E-state index in [1.807, 2.05) is 20.8 Å². The fraction of sp³-hybridized carbons (Fsp3) is 0.909. The summed E-state index contributed by atoms with van der Waals surface area (Å²) in [5.41, 5.74) is 5.67.